The lowest BCUT2D eigenvalue weighted by atomic mass is 9.63. The van der Waals surface area contributed by atoms with Gasteiger partial charge in [0.15, 0.2) is 5.78 Å². The molecular weight excluding hydrogens is 456 g/mol. The Bertz CT molecular complexity index is 1200. The highest BCUT2D eigenvalue weighted by atomic mass is 79.9. The van der Waals surface area contributed by atoms with Crippen LogP contribution in [0.3, 0.4) is 0 Å². The zero-order valence-corrected chi connectivity index (χ0v) is 18.4. The third-order valence-electron chi connectivity index (χ3n) is 6.26. The van der Waals surface area contributed by atoms with Crippen LogP contribution in [0, 0.1) is 16.7 Å². The summed E-state index contributed by atoms with van der Waals surface area (Å²) >= 11 is 9.50. The molecule has 0 unspecified atom stereocenters. The lowest BCUT2D eigenvalue weighted by Gasteiger charge is -2.34. The summed E-state index contributed by atoms with van der Waals surface area (Å²) in [6, 6.07) is 27.6. The van der Waals surface area contributed by atoms with E-state index in [1.54, 1.807) is 0 Å². The first-order chi connectivity index (χ1) is 14.6. The van der Waals surface area contributed by atoms with E-state index in [2.05, 4.69) is 26.9 Å². The summed E-state index contributed by atoms with van der Waals surface area (Å²) in [7, 11) is 0. The zero-order valence-electron chi connectivity index (χ0n) is 16.0. The van der Waals surface area contributed by atoms with Crippen LogP contribution in [0.5, 0.6) is 0 Å². The van der Waals surface area contributed by atoms with Gasteiger partial charge in [0.25, 0.3) is 0 Å². The van der Waals surface area contributed by atoms with Crippen LogP contribution in [0.1, 0.15) is 39.9 Å². The van der Waals surface area contributed by atoms with E-state index in [0.717, 1.165) is 21.3 Å². The van der Waals surface area contributed by atoms with Crippen LogP contribution in [0.15, 0.2) is 83.3 Å². The van der Waals surface area contributed by atoms with Crippen molar-refractivity contribution in [1.29, 1.82) is 5.26 Å². The van der Waals surface area contributed by atoms with Gasteiger partial charge in [-0.1, -0.05) is 82.7 Å². The second kappa shape index (κ2) is 7.16. The first-order valence-corrected chi connectivity index (χ1v) is 11.0. The van der Waals surface area contributed by atoms with Crippen molar-refractivity contribution in [2.24, 2.45) is 5.41 Å². The normalized spacial score (nSPS) is 23.1. The first kappa shape index (κ1) is 19.2. The molecule has 2 aliphatic rings. The van der Waals surface area contributed by atoms with Crippen molar-refractivity contribution in [3.8, 4) is 6.07 Å². The molecular formula is C25H17BrN2OS. The number of carbonyl (C=O) groups is 1. The maximum atomic E-state index is 13.9. The minimum Gasteiger partial charge on any atom is -0.328 e. The Hall–Kier alpha value is -2.81. The number of benzene rings is 3. The molecule has 3 aromatic rings. The Morgan fingerprint density at radius 2 is 1.70 bits per heavy atom. The van der Waals surface area contributed by atoms with Gasteiger partial charge in [-0.3, -0.25) is 4.79 Å². The number of hydrogen-bond donors (Lipinski definition) is 0. The monoisotopic (exact) mass is 472 g/mol. The molecule has 0 aromatic heterocycles. The molecule has 30 heavy (non-hydrogen) atoms. The van der Waals surface area contributed by atoms with Gasteiger partial charge >= 0.3 is 0 Å². The molecule has 1 heterocycles. The number of nitrogens with zero attached hydrogens (tertiary/aromatic N) is 2. The third kappa shape index (κ3) is 2.61. The van der Waals surface area contributed by atoms with Crippen molar-refractivity contribution in [2.45, 2.75) is 18.4 Å². The van der Waals surface area contributed by atoms with Gasteiger partial charge in [0.1, 0.15) is 5.41 Å². The Morgan fingerprint density at radius 1 is 1.03 bits per heavy atom. The number of anilines is 1. The van der Waals surface area contributed by atoms with Gasteiger partial charge in [0.05, 0.1) is 23.0 Å². The fourth-order valence-electron chi connectivity index (χ4n) is 4.90. The van der Waals surface area contributed by atoms with Crippen LogP contribution in [0.25, 0.3) is 0 Å². The standard InChI is InChI=1S/C25H17BrN2OS/c26-17-10-12-18(13-11-17)28-22-14-25(24(28)30,21(15-27)16-6-2-1-3-7-16)23(29)20-9-5-4-8-19(20)22/h1-13,21-22H,14H2/t21-,22+,25+/m0/s1. The summed E-state index contributed by atoms with van der Waals surface area (Å²) in [4.78, 5) is 16.6. The molecule has 5 heteroatoms. The van der Waals surface area contributed by atoms with Crippen LogP contribution in [-0.4, -0.2) is 10.8 Å². The Labute approximate surface area is 189 Å². The largest absolute Gasteiger partial charge is 0.328 e. The van der Waals surface area contributed by atoms with E-state index in [0.29, 0.717) is 17.0 Å². The topological polar surface area (TPSA) is 44.1 Å². The van der Waals surface area contributed by atoms with Gasteiger partial charge in [-0.05, 0) is 41.8 Å². The Kier molecular flexibility index (Phi) is 4.57. The smallest absolute Gasteiger partial charge is 0.177 e. The number of carbonyl (C=O) groups excluding carboxylic acids is 1. The van der Waals surface area contributed by atoms with Crippen LogP contribution in [0.4, 0.5) is 5.69 Å². The number of fused-ring (bicyclic) bond motifs is 4. The average Bonchev–Trinajstić information content (AvgIpc) is 3.05. The van der Waals surface area contributed by atoms with Crippen LogP contribution < -0.4 is 4.90 Å². The predicted molar refractivity (Wildman–Crippen MR) is 125 cm³/mol. The van der Waals surface area contributed by atoms with Crippen molar-refractivity contribution in [1.82, 2.24) is 0 Å². The van der Waals surface area contributed by atoms with E-state index in [1.165, 1.54) is 0 Å². The van der Waals surface area contributed by atoms with E-state index in [4.69, 9.17) is 12.2 Å². The molecule has 0 amide bonds. The van der Waals surface area contributed by atoms with E-state index < -0.39 is 11.3 Å². The molecule has 1 aliphatic carbocycles. The van der Waals surface area contributed by atoms with Gasteiger partial charge < -0.3 is 4.90 Å². The second-order valence-corrected chi connectivity index (χ2v) is 9.03. The summed E-state index contributed by atoms with van der Waals surface area (Å²) < 4.78 is 0.977. The van der Waals surface area contributed by atoms with Gasteiger partial charge in [-0.15, -0.1) is 0 Å². The molecule has 0 spiro atoms. The van der Waals surface area contributed by atoms with Crippen molar-refractivity contribution in [3.63, 3.8) is 0 Å². The lowest BCUT2D eigenvalue weighted by molar-refractivity contribution is 0.0843. The molecule has 3 aromatic carbocycles. The zero-order chi connectivity index (χ0) is 20.9. The maximum Gasteiger partial charge on any atom is 0.177 e. The van der Waals surface area contributed by atoms with Crippen molar-refractivity contribution in [2.75, 3.05) is 4.90 Å². The molecule has 0 saturated carbocycles. The van der Waals surface area contributed by atoms with Gasteiger partial charge in [0, 0.05) is 15.7 Å². The SMILES string of the molecule is N#C[C@@H](c1ccccc1)[C@]12C[C@H](c3ccccc3C1=O)N(c1ccc(Br)cc1)C2=S. The molecule has 1 fully saturated rings. The second-order valence-electron chi connectivity index (χ2n) is 7.73. The van der Waals surface area contributed by atoms with Crippen LogP contribution in [0.2, 0.25) is 0 Å². The lowest BCUT2D eigenvalue weighted by Crippen LogP contribution is -2.43. The number of Topliss-reactive ketones (excluding diaryl/α,β-unsaturated/α-hetero) is 1. The average molecular weight is 473 g/mol. The molecule has 3 nitrogen and oxygen atoms in total. The molecule has 0 radical (unpaired) electrons. The number of thiocarbonyl (C=S) groups is 1. The number of ketones is 1. The Morgan fingerprint density at radius 3 is 2.40 bits per heavy atom. The number of nitriles is 1. The van der Waals surface area contributed by atoms with Crippen molar-refractivity contribution < 1.29 is 4.79 Å². The molecule has 0 N–H and O–H groups in total. The fraction of sp³-hybridized carbons (Fsp3) is 0.160. The molecule has 2 bridgehead atoms. The highest BCUT2D eigenvalue weighted by Gasteiger charge is 2.62. The Balaban J connectivity index is 1.75. The number of hydrogen-bond acceptors (Lipinski definition) is 3. The van der Waals surface area contributed by atoms with Crippen LogP contribution >= 0.6 is 28.1 Å². The quantitative estimate of drug-likeness (QED) is 0.424. The van der Waals surface area contributed by atoms with E-state index >= 15 is 0 Å². The minimum absolute atomic E-state index is 0.0469. The molecule has 5 rings (SSSR count). The van der Waals surface area contributed by atoms with Crippen LogP contribution in [-0.2, 0) is 0 Å². The predicted octanol–water partition coefficient (Wildman–Crippen LogP) is 6.22. The first-order valence-electron chi connectivity index (χ1n) is 9.75. The molecule has 146 valence electrons. The summed E-state index contributed by atoms with van der Waals surface area (Å²) in [6.45, 7) is 0. The molecule has 1 saturated heterocycles. The third-order valence-corrected chi connectivity index (χ3v) is 7.35. The highest BCUT2D eigenvalue weighted by molar-refractivity contribution is 9.10. The number of rotatable bonds is 3. The highest BCUT2D eigenvalue weighted by Crippen LogP contribution is 2.59. The van der Waals surface area contributed by atoms with Crippen molar-refractivity contribution >= 4 is 44.6 Å². The van der Waals surface area contributed by atoms with E-state index in [9.17, 15) is 10.1 Å². The summed E-state index contributed by atoms with van der Waals surface area (Å²) in [5, 5.41) is 10.2. The summed E-state index contributed by atoms with van der Waals surface area (Å²) in [5.74, 6) is -0.690. The van der Waals surface area contributed by atoms with E-state index in [-0.39, 0.29) is 11.8 Å². The van der Waals surface area contributed by atoms with E-state index in [1.807, 2.05) is 78.9 Å². The fourth-order valence-corrected chi connectivity index (χ4v) is 5.69. The molecule has 3 atom stereocenters. The van der Waals surface area contributed by atoms with Gasteiger partial charge in [0.2, 0.25) is 0 Å². The molecule has 1 aliphatic heterocycles. The summed E-state index contributed by atoms with van der Waals surface area (Å²) in [6.07, 6.45) is 0.505. The van der Waals surface area contributed by atoms with Crippen molar-refractivity contribution in [3.05, 3.63) is 100 Å². The minimum atomic E-state index is -1.06. The van der Waals surface area contributed by atoms with Gasteiger partial charge in [-0.2, -0.15) is 5.26 Å². The number of halogens is 1. The summed E-state index contributed by atoms with van der Waals surface area (Å²) in [5.41, 5.74) is 2.35. The van der Waals surface area contributed by atoms with Gasteiger partial charge in [-0.25, -0.2) is 0 Å². The maximum absolute atomic E-state index is 13.9.